The van der Waals surface area contributed by atoms with Gasteiger partial charge in [-0.25, -0.2) is 4.79 Å². The number of anilines is 1. The summed E-state index contributed by atoms with van der Waals surface area (Å²) < 4.78 is 0. The van der Waals surface area contributed by atoms with E-state index in [1.807, 2.05) is 6.07 Å². The van der Waals surface area contributed by atoms with E-state index in [1.165, 1.54) is 4.90 Å². The topological polar surface area (TPSA) is 83.6 Å². The number of hydrogen-bond acceptors (Lipinski definition) is 3. The summed E-state index contributed by atoms with van der Waals surface area (Å²) in [4.78, 5) is 24.5. The molecule has 1 atom stereocenters. The van der Waals surface area contributed by atoms with Gasteiger partial charge in [-0.1, -0.05) is 12.1 Å². The van der Waals surface area contributed by atoms with Crippen molar-refractivity contribution in [3.63, 3.8) is 0 Å². The molecular weight excluding hydrogens is 232 g/mol. The number of carbonyl (C=O) groups is 2. The van der Waals surface area contributed by atoms with Crippen molar-refractivity contribution in [1.29, 1.82) is 0 Å². The Bertz CT molecular complexity index is 473. The largest absolute Gasteiger partial charge is 0.480 e. The minimum atomic E-state index is -0.923. The molecule has 0 bridgehead atoms. The Morgan fingerprint density at radius 2 is 2.22 bits per heavy atom. The van der Waals surface area contributed by atoms with Crippen LogP contribution in [0.5, 0.6) is 0 Å². The number of carboxylic acid groups (broad SMARTS) is 1. The molecule has 3 N–H and O–H groups in total. The molecule has 5 heteroatoms. The van der Waals surface area contributed by atoms with Gasteiger partial charge in [0.05, 0.1) is 6.42 Å². The quantitative estimate of drug-likeness (QED) is 0.778. The van der Waals surface area contributed by atoms with Gasteiger partial charge in [0, 0.05) is 12.2 Å². The zero-order valence-electron chi connectivity index (χ0n) is 10.0. The highest BCUT2D eigenvalue weighted by molar-refractivity contribution is 5.85. The number of nitrogens with two attached hydrogens (primary N) is 1. The summed E-state index contributed by atoms with van der Waals surface area (Å²) in [6.07, 6.45) is 1.49. The molecule has 96 valence electrons. The maximum Gasteiger partial charge on any atom is 0.326 e. The second-order valence-corrected chi connectivity index (χ2v) is 4.51. The van der Waals surface area contributed by atoms with E-state index in [2.05, 4.69) is 0 Å². The lowest BCUT2D eigenvalue weighted by molar-refractivity contribution is -0.148. The third-order valence-corrected chi connectivity index (χ3v) is 3.16. The second kappa shape index (κ2) is 5.08. The highest BCUT2D eigenvalue weighted by Crippen LogP contribution is 2.19. The zero-order chi connectivity index (χ0) is 13.1. The molecule has 1 fully saturated rings. The van der Waals surface area contributed by atoms with E-state index in [0.29, 0.717) is 18.7 Å². The maximum atomic E-state index is 12.1. The van der Waals surface area contributed by atoms with Crippen LogP contribution in [0.4, 0.5) is 5.69 Å². The van der Waals surface area contributed by atoms with E-state index in [9.17, 15) is 9.59 Å². The predicted molar refractivity (Wildman–Crippen MR) is 66.9 cm³/mol. The average molecular weight is 248 g/mol. The summed E-state index contributed by atoms with van der Waals surface area (Å²) in [6.45, 7) is 0.526. The van der Waals surface area contributed by atoms with E-state index < -0.39 is 12.0 Å². The molecule has 1 saturated heterocycles. The summed E-state index contributed by atoms with van der Waals surface area (Å²) in [7, 11) is 0. The van der Waals surface area contributed by atoms with Gasteiger partial charge in [0.1, 0.15) is 6.04 Å². The van der Waals surface area contributed by atoms with Gasteiger partial charge >= 0.3 is 5.97 Å². The minimum absolute atomic E-state index is 0.148. The summed E-state index contributed by atoms with van der Waals surface area (Å²) in [5, 5.41) is 9.03. The number of benzene rings is 1. The molecular formula is C13H16N2O3. The van der Waals surface area contributed by atoms with Gasteiger partial charge in [0.25, 0.3) is 0 Å². The van der Waals surface area contributed by atoms with Crippen molar-refractivity contribution in [3.8, 4) is 0 Å². The average Bonchev–Trinajstić information content (AvgIpc) is 2.77. The van der Waals surface area contributed by atoms with Crippen molar-refractivity contribution < 1.29 is 14.7 Å². The van der Waals surface area contributed by atoms with Gasteiger partial charge in [0.15, 0.2) is 0 Å². The van der Waals surface area contributed by atoms with Crippen molar-refractivity contribution in [3.05, 3.63) is 29.8 Å². The van der Waals surface area contributed by atoms with Crippen LogP contribution in [-0.4, -0.2) is 34.5 Å². The highest BCUT2D eigenvalue weighted by Gasteiger charge is 2.33. The first kappa shape index (κ1) is 12.4. The molecule has 1 aliphatic heterocycles. The van der Waals surface area contributed by atoms with E-state index in [1.54, 1.807) is 18.2 Å². The number of carboxylic acids is 1. The van der Waals surface area contributed by atoms with E-state index in [0.717, 1.165) is 12.0 Å². The van der Waals surface area contributed by atoms with E-state index in [4.69, 9.17) is 10.8 Å². The van der Waals surface area contributed by atoms with Crippen LogP contribution in [0.2, 0.25) is 0 Å². The van der Waals surface area contributed by atoms with Crippen LogP contribution in [-0.2, 0) is 16.0 Å². The standard InChI is InChI=1S/C13H16N2O3/c14-10-4-1-3-9(7-10)8-12(16)15-6-2-5-11(15)13(17)18/h1,3-4,7,11H,2,5-6,8,14H2,(H,17,18)/t11-/m1/s1. The third kappa shape index (κ3) is 2.61. The molecule has 0 unspecified atom stereocenters. The molecule has 1 heterocycles. The van der Waals surface area contributed by atoms with Gasteiger partial charge in [-0.3, -0.25) is 4.79 Å². The highest BCUT2D eigenvalue weighted by atomic mass is 16.4. The fourth-order valence-electron chi connectivity index (χ4n) is 2.30. The van der Waals surface area contributed by atoms with Crippen LogP contribution in [0.1, 0.15) is 18.4 Å². The number of likely N-dealkylation sites (tertiary alicyclic amines) is 1. The minimum Gasteiger partial charge on any atom is -0.480 e. The predicted octanol–water partition coefficient (Wildman–Crippen LogP) is 0.887. The zero-order valence-corrected chi connectivity index (χ0v) is 10.0. The second-order valence-electron chi connectivity index (χ2n) is 4.51. The van der Waals surface area contributed by atoms with Crippen molar-refractivity contribution >= 4 is 17.6 Å². The monoisotopic (exact) mass is 248 g/mol. The van der Waals surface area contributed by atoms with Gasteiger partial charge in [0.2, 0.25) is 5.91 Å². The van der Waals surface area contributed by atoms with Crippen LogP contribution >= 0.6 is 0 Å². The van der Waals surface area contributed by atoms with Gasteiger partial charge in [-0.2, -0.15) is 0 Å². The Kier molecular flexibility index (Phi) is 3.50. The van der Waals surface area contributed by atoms with Crippen molar-refractivity contribution in [1.82, 2.24) is 4.90 Å². The number of nitrogen functional groups attached to an aromatic ring is 1. The summed E-state index contributed by atoms with van der Waals surface area (Å²) >= 11 is 0. The van der Waals surface area contributed by atoms with Gasteiger partial charge < -0.3 is 15.7 Å². The first-order valence-electron chi connectivity index (χ1n) is 5.94. The molecule has 0 aromatic heterocycles. The number of aliphatic carboxylic acids is 1. The number of amides is 1. The van der Waals surface area contributed by atoms with Crippen LogP contribution in [0.15, 0.2) is 24.3 Å². The lowest BCUT2D eigenvalue weighted by Gasteiger charge is -2.21. The lowest BCUT2D eigenvalue weighted by Crippen LogP contribution is -2.41. The Labute approximate surface area is 105 Å². The molecule has 0 spiro atoms. The molecule has 1 amide bonds. The van der Waals surface area contributed by atoms with Crippen LogP contribution in [0.3, 0.4) is 0 Å². The molecule has 1 aromatic carbocycles. The Morgan fingerprint density at radius 1 is 1.44 bits per heavy atom. The maximum absolute atomic E-state index is 12.1. The Morgan fingerprint density at radius 3 is 2.89 bits per heavy atom. The Hall–Kier alpha value is -2.04. The molecule has 0 aliphatic carbocycles. The van der Waals surface area contributed by atoms with Crippen molar-refractivity contribution in [2.75, 3.05) is 12.3 Å². The summed E-state index contributed by atoms with van der Waals surface area (Å²) in [5.74, 6) is -1.07. The van der Waals surface area contributed by atoms with Gasteiger partial charge in [-0.15, -0.1) is 0 Å². The van der Waals surface area contributed by atoms with Crippen molar-refractivity contribution in [2.45, 2.75) is 25.3 Å². The van der Waals surface area contributed by atoms with Crippen molar-refractivity contribution in [2.24, 2.45) is 0 Å². The van der Waals surface area contributed by atoms with Crippen LogP contribution in [0.25, 0.3) is 0 Å². The van der Waals surface area contributed by atoms with Gasteiger partial charge in [-0.05, 0) is 30.5 Å². The first-order valence-corrected chi connectivity index (χ1v) is 5.94. The molecule has 1 aliphatic rings. The molecule has 5 nitrogen and oxygen atoms in total. The summed E-state index contributed by atoms with van der Waals surface area (Å²) in [5.41, 5.74) is 7.07. The number of carbonyl (C=O) groups excluding carboxylic acids is 1. The summed E-state index contributed by atoms with van der Waals surface area (Å²) in [6, 6.07) is 6.43. The van der Waals surface area contributed by atoms with E-state index >= 15 is 0 Å². The molecule has 0 saturated carbocycles. The fraction of sp³-hybridized carbons (Fsp3) is 0.385. The van der Waals surface area contributed by atoms with E-state index in [-0.39, 0.29) is 12.3 Å². The number of rotatable bonds is 3. The fourth-order valence-corrected chi connectivity index (χ4v) is 2.30. The first-order chi connectivity index (χ1) is 8.58. The smallest absolute Gasteiger partial charge is 0.326 e. The lowest BCUT2D eigenvalue weighted by atomic mass is 10.1. The number of nitrogens with zero attached hydrogens (tertiary/aromatic N) is 1. The van der Waals surface area contributed by atoms with Crippen LogP contribution in [0, 0.1) is 0 Å². The molecule has 1 aromatic rings. The molecule has 0 radical (unpaired) electrons. The molecule has 18 heavy (non-hydrogen) atoms. The molecule has 2 rings (SSSR count). The normalized spacial score (nSPS) is 18.9. The van der Waals surface area contributed by atoms with Crippen LogP contribution < -0.4 is 5.73 Å². The number of hydrogen-bond donors (Lipinski definition) is 2. The SMILES string of the molecule is Nc1cccc(CC(=O)N2CCC[C@@H]2C(=O)O)c1. The third-order valence-electron chi connectivity index (χ3n) is 3.16. The Balaban J connectivity index is 2.06.